The van der Waals surface area contributed by atoms with Crippen LogP contribution in [-0.2, 0) is 14.8 Å². The number of hydrogen-bond donors (Lipinski definition) is 1. The minimum atomic E-state index is -3.95. The van der Waals surface area contributed by atoms with Gasteiger partial charge < -0.3 is 4.74 Å². The molecule has 1 heterocycles. The highest BCUT2D eigenvalue weighted by molar-refractivity contribution is 7.93. The molecule has 24 heavy (non-hydrogen) atoms. The van der Waals surface area contributed by atoms with E-state index in [4.69, 9.17) is 4.74 Å². The van der Waals surface area contributed by atoms with Crippen LogP contribution in [0.1, 0.15) is 15.2 Å². The van der Waals surface area contributed by atoms with E-state index in [9.17, 15) is 13.2 Å². The Morgan fingerprint density at radius 1 is 1.08 bits per heavy atom. The number of thiophene rings is 1. The summed E-state index contributed by atoms with van der Waals surface area (Å²) < 4.78 is 34.0. The molecule has 0 radical (unpaired) electrons. The molecular weight excluding hydrogens is 346 g/mol. The number of hydrogen-bond acceptors (Lipinski definition) is 5. The van der Waals surface area contributed by atoms with Crippen LogP contribution >= 0.6 is 11.3 Å². The first kappa shape index (κ1) is 16.5. The van der Waals surface area contributed by atoms with Crippen LogP contribution in [0.15, 0.2) is 53.4 Å². The van der Waals surface area contributed by atoms with Gasteiger partial charge in [-0.05, 0) is 24.6 Å². The molecule has 0 saturated heterocycles. The fourth-order valence-electron chi connectivity index (χ4n) is 2.40. The van der Waals surface area contributed by atoms with E-state index < -0.39 is 16.0 Å². The number of ether oxygens (including phenoxy) is 1. The summed E-state index contributed by atoms with van der Waals surface area (Å²) in [4.78, 5) is 12.1. The number of nitrogens with one attached hydrogen (secondary N) is 1. The summed E-state index contributed by atoms with van der Waals surface area (Å²) in [5, 5.41) is 0.504. The van der Waals surface area contributed by atoms with E-state index in [2.05, 4.69) is 4.72 Å². The zero-order chi connectivity index (χ0) is 17.3. The Kier molecular flexibility index (Phi) is 4.29. The Morgan fingerprint density at radius 3 is 2.46 bits per heavy atom. The predicted molar refractivity (Wildman–Crippen MR) is 95.2 cm³/mol. The molecule has 2 aromatic carbocycles. The lowest BCUT2D eigenvalue weighted by molar-refractivity contribution is 0.0602. The molecule has 5 nitrogen and oxygen atoms in total. The molecule has 1 N–H and O–H groups in total. The Hall–Kier alpha value is -2.38. The number of esters is 1. The van der Waals surface area contributed by atoms with E-state index in [1.807, 2.05) is 19.1 Å². The summed E-state index contributed by atoms with van der Waals surface area (Å²) in [6.07, 6.45) is 0. The van der Waals surface area contributed by atoms with Crippen LogP contribution in [-0.4, -0.2) is 21.5 Å². The summed E-state index contributed by atoms with van der Waals surface area (Å²) >= 11 is 1.10. The van der Waals surface area contributed by atoms with Gasteiger partial charge in [-0.1, -0.05) is 36.4 Å². The van der Waals surface area contributed by atoms with Gasteiger partial charge >= 0.3 is 5.97 Å². The maximum absolute atomic E-state index is 13.0. The Labute approximate surface area is 143 Å². The molecule has 0 fully saturated rings. The molecule has 0 unspecified atom stereocenters. The minimum Gasteiger partial charge on any atom is -0.465 e. The Morgan fingerprint density at radius 2 is 1.75 bits per heavy atom. The third-order valence-corrected chi connectivity index (χ3v) is 6.31. The van der Waals surface area contributed by atoms with E-state index >= 15 is 0 Å². The molecule has 0 bridgehead atoms. The largest absolute Gasteiger partial charge is 0.465 e. The van der Waals surface area contributed by atoms with E-state index in [1.165, 1.54) is 7.11 Å². The molecule has 0 spiro atoms. The van der Waals surface area contributed by atoms with Crippen molar-refractivity contribution in [2.24, 2.45) is 0 Å². The molecule has 1 aromatic heterocycles. The van der Waals surface area contributed by atoms with Gasteiger partial charge in [0.1, 0.15) is 9.77 Å². The molecule has 0 saturated carbocycles. The van der Waals surface area contributed by atoms with Gasteiger partial charge in [0.25, 0.3) is 10.0 Å². The summed E-state index contributed by atoms with van der Waals surface area (Å²) in [5.41, 5.74) is 1.27. The molecule has 0 aliphatic rings. The minimum absolute atomic E-state index is 0.0433. The van der Waals surface area contributed by atoms with Gasteiger partial charge in [-0.2, -0.15) is 0 Å². The molecule has 0 atom stereocenters. The van der Waals surface area contributed by atoms with Gasteiger partial charge in [0.2, 0.25) is 0 Å². The highest BCUT2D eigenvalue weighted by Crippen LogP contribution is 2.36. The molecular formula is C17H15NO4S2. The second-order valence-corrected chi connectivity index (χ2v) is 7.84. The van der Waals surface area contributed by atoms with Crippen LogP contribution in [0.5, 0.6) is 0 Å². The predicted octanol–water partition coefficient (Wildman–Crippen LogP) is 3.80. The number of sulfonamides is 1. The highest BCUT2D eigenvalue weighted by atomic mass is 32.2. The van der Waals surface area contributed by atoms with Crippen LogP contribution in [0, 0.1) is 6.92 Å². The van der Waals surface area contributed by atoms with Crippen molar-refractivity contribution in [2.75, 3.05) is 11.8 Å². The quantitative estimate of drug-likeness (QED) is 0.718. The highest BCUT2D eigenvalue weighted by Gasteiger charge is 2.29. The average Bonchev–Trinajstić information content (AvgIpc) is 2.96. The van der Waals surface area contributed by atoms with Gasteiger partial charge in [-0.15, -0.1) is 11.3 Å². The SMILES string of the molecule is COC(=O)c1sc2ccccc2c1S(=O)(=O)Nc1ccccc1C. The van der Waals surface area contributed by atoms with Crippen molar-refractivity contribution >= 4 is 43.1 Å². The lowest BCUT2D eigenvalue weighted by Gasteiger charge is -2.11. The van der Waals surface area contributed by atoms with Crippen molar-refractivity contribution in [1.29, 1.82) is 0 Å². The zero-order valence-electron chi connectivity index (χ0n) is 13.1. The van der Waals surface area contributed by atoms with E-state index in [-0.39, 0.29) is 9.77 Å². The summed E-state index contributed by atoms with van der Waals surface area (Å²) in [6, 6.07) is 14.1. The first-order chi connectivity index (χ1) is 11.4. The molecule has 0 aliphatic carbocycles. The number of para-hydroxylation sites is 1. The Bertz CT molecular complexity index is 1020. The van der Waals surface area contributed by atoms with Gasteiger partial charge in [0.05, 0.1) is 12.8 Å². The number of aryl methyl sites for hydroxylation is 1. The second-order valence-electron chi connectivity index (χ2n) is 5.17. The molecule has 124 valence electrons. The number of carbonyl (C=O) groups excluding carboxylic acids is 1. The normalized spacial score (nSPS) is 11.4. The monoisotopic (exact) mass is 361 g/mol. The topological polar surface area (TPSA) is 72.5 Å². The molecule has 0 amide bonds. The number of rotatable bonds is 4. The molecule has 0 aliphatic heterocycles. The van der Waals surface area contributed by atoms with Crippen molar-refractivity contribution in [3.8, 4) is 0 Å². The van der Waals surface area contributed by atoms with Crippen molar-refractivity contribution in [1.82, 2.24) is 0 Å². The fraction of sp³-hybridized carbons (Fsp3) is 0.118. The number of fused-ring (bicyclic) bond motifs is 1. The third-order valence-electron chi connectivity index (χ3n) is 3.58. The van der Waals surface area contributed by atoms with Gasteiger partial charge in [-0.25, -0.2) is 13.2 Å². The number of carbonyl (C=O) groups is 1. The lowest BCUT2D eigenvalue weighted by Crippen LogP contribution is -2.16. The van der Waals surface area contributed by atoms with Crippen molar-refractivity contribution in [2.45, 2.75) is 11.8 Å². The van der Waals surface area contributed by atoms with Gasteiger partial charge in [0, 0.05) is 10.1 Å². The smallest absolute Gasteiger partial charge is 0.349 e. The van der Waals surface area contributed by atoms with Crippen LogP contribution in [0.2, 0.25) is 0 Å². The summed E-state index contributed by atoms with van der Waals surface area (Å²) in [6.45, 7) is 1.81. The van der Waals surface area contributed by atoms with Crippen LogP contribution in [0.4, 0.5) is 5.69 Å². The van der Waals surface area contributed by atoms with E-state index in [1.54, 1.807) is 36.4 Å². The van der Waals surface area contributed by atoms with Crippen molar-refractivity contribution in [3.05, 3.63) is 59.0 Å². The first-order valence-corrected chi connectivity index (χ1v) is 9.42. The van der Waals surface area contributed by atoms with Crippen LogP contribution in [0.25, 0.3) is 10.1 Å². The number of methoxy groups -OCH3 is 1. The number of benzene rings is 2. The maximum atomic E-state index is 13.0. The lowest BCUT2D eigenvalue weighted by atomic mass is 10.2. The van der Waals surface area contributed by atoms with E-state index in [0.717, 1.165) is 16.9 Å². The number of anilines is 1. The van der Waals surface area contributed by atoms with Crippen LogP contribution < -0.4 is 4.72 Å². The Balaban J connectivity index is 2.20. The average molecular weight is 361 g/mol. The summed E-state index contributed by atoms with van der Waals surface area (Å²) in [5.74, 6) is -0.665. The molecule has 3 rings (SSSR count). The van der Waals surface area contributed by atoms with Crippen molar-refractivity contribution < 1.29 is 17.9 Å². The molecule has 3 aromatic rings. The van der Waals surface area contributed by atoms with Crippen LogP contribution in [0.3, 0.4) is 0 Å². The third kappa shape index (κ3) is 2.88. The fourth-order valence-corrected chi connectivity index (χ4v) is 5.35. The first-order valence-electron chi connectivity index (χ1n) is 7.12. The van der Waals surface area contributed by atoms with Gasteiger partial charge in [0.15, 0.2) is 0 Å². The molecule has 7 heteroatoms. The van der Waals surface area contributed by atoms with E-state index in [0.29, 0.717) is 15.8 Å². The van der Waals surface area contributed by atoms with Gasteiger partial charge in [-0.3, -0.25) is 4.72 Å². The standard InChI is InChI=1S/C17H15NO4S2/c1-11-7-3-5-9-13(11)18-24(20,21)16-12-8-4-6-10-14(12)23-15(16)17(19)22-2/h3-10,18H,1-2H3. The van der Waals surface area contributed by atoms with Crippen molar-refractivity contribution in [3.63, 3.8) is 0 Å². The maximum Gasteiger partial charge on any atom is 0.349 e. The second kappa shape index (κ2) is 6.26. The zero-order valence-corrected chi connectivity index (χ0v) is 14.7. The summed E-state index contributed by atoms with van der Waals surface area (Å²) in [7, 11) is -2.71.